The number of halogens is 1. The minimum absolute atomic E-state index is 0.0600. The number of rotatable bonds is 1. The first-order valence-electron chi connectivity index (χ1n) is 3.61. The summed E-state index contributed by atoms with van der Waals surface area (Å²) in [6.07, 6.45) is 0. The van der Waals surface area contributed by atoms with Gasteiger partial charge in [0.2, 0.25) is 17.5 Å². The molecule has 0 aromatic carbocycles. The predicted octanol–water partition coefficient (Wildman–Crippen LogP) is 2.62. The van der Waals surface area contributed by atoms with Gasteiger partial charge in [-0.25, -0.2) is 0 Å². The van der Waals surface area contributed by atoms with Crippen LogP contribution in [-0.2, 0) is 0 Å². The van der Waals surface area contributed by atoms with Gasteiger partial charge in [0.15, 0.2) is 0 Å². The molecule has 2 aromatic rings. The van der Waals surface area contributed by atoms with E-state index >= 15 is 0 Å². The Kier molecular flexibility index (Phi) is 2.27. The zero-order valence-corrected chi connectivity index (χ0v) is 9.22. The van der Waals surface area contributed by atoms with E-state index in [9.17, 15) is 0 Å². The lowest BCUT2D eigenvalue weighted by Crippen LogP contribution is -1.83. The van der Waals surface area contributed by atoms with Gasteiger partial charge in [0.05, 0.1) is 3.79 Å². The number of thiophene rings is 1. The van der Waals surface area contributed by atoms with Crippen molar-refractivity contribution in [1.29, 1.82) is 5.26 Å². The first-order valence-corrected chi connectivity index (χ1v) is 5.29. The van der Waals surface area contributed by atoms with Crippen molar-refractivity contribution in [1.82, 2.24) is 4.98 Å². The summed E-state index contributed by atoms with van der Waals surface area (Å²) in [6.45, 7) is 0. The molecular formula is C8H4BrN3OS. The van der Waals surface area contributed by atoms with E-state index in [0.29, 0.717) is 5.89 Å². The highest BCUT2D eigenvalue weighted by molar-refractivity contribution is 9.11. The minimum atomic E-state index is 0.0600. The van der Waals surface area contributed by atoms with Gasteiger partial charge in [-0.05, 0) is 22.0 Å². The molecule has 0 saturated heterocycles. The molecule has 0 aliphatic rings. The summed E-state index contributed by atoms with van der Waals surface area (Å²) < 4.78 is 6.11. The standard InChI is InChI=1S/C8H4BrN3OS/c9-6-1-4(3-14-6)8-12-5(2-10)7(11)13-8/h1,3H,11H2. The fourth-order valence-electron chi connectivity index (χ4n) is 0.958. The van der Waals surface area contributed by atoms with E-state index in [0.717, 1.165) is 9.35 Å². The van der Waals surface area contributed by atoms with E-state index in [4.69, 9.17) is 15.4 Å². The van der Waals surface area contributed by atoms with Crippen molar-refractivity contribution in [3.05, 3.63) is 20.9 Å². The van der Waals surface area contributed by atoms with Crippen LogP contribution in [0.3, 0.4) is 0 Å². The summed E-state index contributed by atoms with van der Waals surface area (Å²) in [5.41, 5.74) is 6.38. The van der Waals surface area contributed by atoms with E-state index in [1.54, 1.807) is 0 Å². The monoisotopic (exact) mass is 269 g/mol. The van der Waals surface area contributed by atoms with Crippen molar-refractivity contribution in [3.63, 3.8) is 0 Å². The van der Waals surface area contributed by atoms with Crippen LogP contribution in [0.5, 0.6) is 0 Å². The molecule has 0 radical (unpaired) electrons. The van der Waals surface area contributed by atoms with Crippen LogP contribution in [0.4, 0.5) is 5.88 Å². The Hall–Kier alpha value is -1.32. The van der Waals surface area contributed by atoms with Gasteiger partial charge in [-0.15, -0.1) is 11.3 Å². The van der Waals surface area contributed by atoms with Gasteiger partial charge in [-0.1, -0.05) is 0 Å². The van der Waals surface area contributed by atoms with Gasteiger partial charge in [0, 0.05) is 10.9 Å². The maximum Gasteiger partial charge on any atom is 0.230 e. The van der Waals surface area contributed by atoms with Crippen LogP contribution in [-0.4, -0.2) is 4.98 Å². The SMILES string of the molecule is N#Cc1nc(-c2csc(Br)c2)oc1N. The van der Waals surface area contributed by atoms with Crippen LogP contribution < -0.4 is 5.73 Å². The molecule has 0 fully saturated rings. The third-order valence-electron chi connectivity index (χ3n) is 1.57. The van der Waals surface area contributed by atoms with Crippen LogP contribution in [0.15, 0.2) is 19.6 Å². The zero-order chi connectivity index (χ0) is 10.1. The second-order valence-corrected chi connectivity index (χ2v) is 4.77. The average Bonchev–Trinajstić information content (AvgIpc) is 2.71. The molecule has 4 nitrogen and oxygen atoms in total. The van der Waals surface area contributed by atoms with Crippen LogP contribution >= 0.6 is 27.3 Å². The Morgan fingerprint density at radius 2 is 2.43 bits per heavy atom. The van der Waals surface area contributed by atoms with Crippen molar-refractivity contribution in [2.75, 3.05) is 5.73 Å². The van der Waals surface area contributed by atoms with Gasteiger partial charge in [-0.2, -0.15) is 10.2 Å². The second-order valence-electron chi connectivity index (χ2n) is 2.48. The van der Waals surface area contributed by atoms with Gasteiger partial charge >= 0.3 is 0 Å². The van der Waals surface area contributed by atoms with E-state index in [-0.39, 0.29) is 11.6 Å². The van der Waals surface area contributed by atoms with E-state index < -0.39 is 0 Å². The molecule has 2 rings (SSSR count). The van der Waals surface area contributed by atoms with Crippen molar-refractivity contribution in [2.45, 2.75) is 0 Å². The Balaban J connectivity index is 2.48. The lowest BCUT2D eigenvalue weighted by molar-refractivity contribution is 0.594. The summed E-state index contributed by atoms with van der Waals surface area (Å²) >= 11 is 4.84. The molecule has 0 atom stereocenters. The number of nitriles is 1. The predicted molar refractivity (Wildman–Crippen MR) is 56.6 cm³/mol. The number of aromatic nitrogens is 1. The molecule has 2 aromatic heterocycles. The average molecular weight is 270 g/mol. The van der Waals surface area contributed by atoms with E-state index in [2.05, 4.69) is 20.9 Å². The first kappa shape index (κ1) is 9.24. The minimum Gasteiger partial charge on any atom is -0.419 e. The van der Waals surface area contributed by atoms with E-state index in [1.807, 2.05) is 17.5 Å². The Bertz CT molecular complexity index is 511. The van der Waals surface area contributed by atoms with Gasteiger partial charge in [-0.3, -0.25) is 0 Å². The number of hydrogen-bond acceptors (Lipinski definition) is 5. The number of nitrogens with zero attached hydrogens (tertiary/aromatic N) is 2. The molecule has 0 saturated carbocycles. The van der Waals surface area contributed by atoms with Crippen molar-refractivity contribution in [3.8, 4) is 17.5 Å². The molecule has 0 aliphatic carbocycles. The van der Waals surface area contributed by atoms with Crippen molar-refractivity contribution < 1.29 is 4.42 Å². The first-order chi connectivity index (χ1) is 6.70. The molecule has 0 unspecified atom stereocenters. The Morgan fingerprint density at radius 1 is 1.64 bits per heavy atom. The van der Waals surface area contributed by atoms with Crippen molar-refractivity contribution >= 4 is 33.2 Å². The summed E-state index contributed by atoms with van der Waals surface area (Å²) in [5, 5.41) is 10.5. The normalized spacial score (nSPS) is 10.0. The summed E-state index contributed by atoms with van der Waals surface area (Å²) in [5.74, 6) is 0.436. The highest BCUT2D eigenvalue weighted by atomic mass is 79.9. The fourth-order valence-corrected chi connectivity index (χ4v) is 2.09. The number of oxazole rings is 1. The van der Waals surface area contributed by atoms with Crippen LogP contribution in [0.25, 0.3) is 11.5 Å². The fraction of sp³-hybridized carbons (Fsp3) is 0. The highest BCUT2D eigenvalue weighted by Gasteiger charge is 2.12. The molecule has 0 amide bonds. The lowest BCUT2D eigenvalue weighted by atomic mass is 10.3. The molecule has 14 heavy (non-hydrogen) atoms. The summed E-state index contributed by atoms with van der Waals surface area (Å²) in [6, 6.07) is 3.71. The molecule has 0 bridgehead atoms. The molecular weight excluding hydrogens is 266 g/mol. The summed E-state index contributed by atoms with van der Waals surface area (Å²) in [4.78, 5) is 3.94. The van der Waals surface area contributed by atoms with Crippen LogP contribution in [0, 0.1) is 11.3 Å². The number of nitrogen functional groups attached to an aromatic ring is 1. The summed E-state index contributed by atoms with van der Waals surface area (Å²) in [7, 11) is 0. The molecule has 2 N–H and O–H groups in total. The number of hydrogen-bond donors (Lipinski definition) is 1. The zero-order valence-electron chi connectivity index (χ0n) is 6.82. The maximum atomic E-state index is 8.62. The van der Waals surface area contributed by atoms with Gasteiger partial charge in [0.25, 0.3) is 0 Å². The van der Waals surface area contributed by atoms with Crippen LogP contribution in [0.1, 0.15) is 5.69 Å². The van der Waals surface area contributed by atoms with E-state index in [1.165, 1.54) is 11.3 Å². The highest BCUT2D eigenvalue weighted by Crippen LogP contribution is 2.30. The molecule has 0 aliphatic heterocycles. The van der Waals surface area contributed by atoms with Crippen molar-refractivity contribution in [2.24, 2.45) is 0 Å². The number of anilines is 1. The largest absolute Gasteiger partial charge is 0.419 e. The Labute approximate surface area is 92.1 Å². The quantitative estimate of drug-likeness (QED) is 0.864. The lowest BCUT2D eigenvalue weighted by Gasteiger charge is -1.85. The molecule has 70 valence electrons. The third kappa shape index (κ3) is 1.52. The smallest absolute Gasteiger partial charge is 0.230 e. The third-order valence-corrected chi connectivity index (χ3v) is 3.08. The molecule has 0 spiro atoms. The maximum absolute atomic E-state index is 8.62. The van der Waals surface area contributed by atoms with Crippen LogP contribution in [0.2, 0.25) is 0 Å². The molecule has 2 heterocycles. The topological polar surface area (TPSA) is 75.8 Å². The molecule has 6 heteroatoms. The Morgan fingerprint density at radius 3 is 2.93 bits per heavy atom. The van der Waals surface area contributed by atoms with Gasteiger partial charge in [0.1, 0.15) is 6.07 Å². The van der Waals surface area contributed by atoms with Gasteiger partial charge < -0.3 is 10.2 Å². The number of nitrogens with two attached hydrogens (primary N) is 1. The second kappa shape index (κ2) is 3.44.